The molecule has 7 heteroatoms. The van der Waals surface area contributed by atoms with Gasteiger partial charge in [0, 0.05) is 30.0 Å². The van der Waals surface area contributed by atoms with Gasteiger partial charge in [-0.3, -0.25) is 9.36 Å². The molecule has 0 saturated heterocycles. The fraction of sp³-hybridized carbons (Fsp3) is 0.240. The summed E-state index contributed by atoms with van der Waals surface area (Å²) in [5.74, 6) is 1.38. The van der Waals surface area contributed by atoms with Crippen molar-refractivity contribution in [1.29, 1.82) is 5.26 Å². The minimum Gasteiger partial charge on any atom is -0.496 e. The molecule has 6 nitrogen and oxygen atoms in total. The van der Waals surface area contributed by atoms with Crippen molar-refractivity contribution in [2.45, 2.75) is 19.9 Å². The van der Waals surface area contributed by atoms with Crippen LogP contribution in [0, 0.1) is 18.3 Å². The Hall–Kier alpha value is -3.47. The molecule has 0 aliphatic carbocycles. The molecular formula is C25H23N3O3S. The lowest BCUT2D eigenvalue weighted by molar-refractivity contribution is 0.199. The normalized spacial score (nSPS) is 10.9. The van der Waals surface area contributed by atoms with E-state index in [9.17, 15) is 10.1 Å². The molecule has 0 spiro atoms. The van der Waals surface area contributed by atoms with Crippen LogP contribution in [0.1, 0.15) is 22.5 Å². The zero-order chi connectivity index (χ0) is 22.7. The molecule has 4 aromatic rings. The summed E-state index contributed by atoms with van der Waals surface area (Å²) in [5.41, 5.74) is 4.10. The van der Waals surface area contributed by atoms with Crippen LogP contribution in [-0.2, 0) is 17.7 Å². The number of hydrogen-bond donors (Lipinski definition) is 0. The third kappa shape index (κ3) is 4.15. The van der Waals surface area contributed by atoms with Crippen LogP contribution in [0.4, 0.5) is 0 Å². The molecule has 0 fully saturated rings. The predicted octanol–water partition coefficient (Wildman–Crippen LogP) is 4.55. The van der Waals surface area contributed by atoms with Gasteiger partial charge in [-0.25, -0.2) is 4.98 Å². The number of benzene rings is 2. The van der Waals surface area contributed by atoms with Crippen LogP contribution >= 0.6 is 11.3 Å². The van der Waals surface area contributed by atoms with E-state index >= 15 is 0 Å². The molecule has 2 aromatic heterocycles. The molecular weight excluding hydrogens is 422 g/mol. The van der Waals surface area contributed by atoms with Gasteiger partial charge in [-0.1, -0.05) is 23.8 Å². The Morgan fingerprint density at radius 1 is 1.16 bits per heavy atom. The second kappa shape index (κ2) is 9.35. The summed E-state index contributed by atoms with van der Waals surface area (Å²) in [6.07, 6.45) is 0.515. The van der Waals surface area contributed by atoms with E-state index in [1.54, 1.807) is 30.9 Å². The lowest BCUT2D eigenvalue weighted by Crippen LogP contribution is -2.26. The molecule has 0 aliphatic rings. The summed E-state index contributed by atoms with van der Waals surface area (Å²) in [4.78, 5) is 19.3. The largest absolute Gasteiger partial charge is 0.496 e. The van der Waals surface area contributed by atoms with E-state index in [1.807, 2.05) is 42.6 Å². The zero-order valence-electron chi connectivity index (χ0n) is 18.2. The smallest absolute Gasteiger partial charge is 0.263 e. The van der Waals surface area contributed by atoms with Crippen molar-refractivity contribution in [1.82, 2.24) is 9.55 Å². The number of aryl methyl sites for hydroxylation is 1. The average molecular weight is 446 g/mol. The number of rotatable bonds is 7. The summed E-state index contributed by atoms with van der Waals surface area (Å²) in [6, 6.07) is 15.4. The van der Waals surface area contributed by atoms with Crippen LogP contribution in [0.25, 0.3) is 21.3 Å². The highest BCUT2D eigenvalue weighted by Crippen LogP contribution is 2.37. The van der Waals surface area contributed by atoms with E-state index in [0.717, 1.165) is 22.3 Å². The minimum atomic E-state index is -0.108. The van der Waals surface area contributed by atoms with E-state index in [-0.39, 0.29) is 5.56 Å². The highest BCUT2D eigenvalue weighted by Gasteiger charge is 2.19. The van der Waals surface area contributed by atoms with Crippen LogP contribution < -0.4 is 10.3 Å². The van der Waals surface area contributed by atoms with Crippen molar-refractivity contribution >= 4 is 21.6 Å². The number of nitrogens with zero attached hydrogens (tertiary/aromatic N) is 3. The Morgan fingerprint density at radius 3 is 2.75 bits per heavy atom. The number of aromatic nitrogens is 2. The highest BCUT2D eigenvalue weighted by molar-refractivity contribution is 7.17. The van der Waals surface area contributed by atoms with E-state index in [2.05, 4.69) is 6.07 Å². The van der Waals surface area contributed by atoms with Crippen LogP contribution in [0.5, 0.6) is 5.75 Å². The number of fused-ring (bicyclic) bond motifs is 1. The average Bonchev–Trinajstić information content (AvgIpc) is 3.24. The van der Waals surface area contributed by atoms with Gasteiger partial charge in [-0.2, -0.15) is 5.26 Å². The van der Waals surface area contributed by atoms with E-state index in [1.165, 1.54) is 11.3 Å². The first kappa shape index (κ1) is 21.8. The second-order valence-electron chi connectivity index (χ2n) is 7.51. The Labute approximate surface area is 190 Å². The molecule has 0 unspecified atom stereocenters. The Bertz CT molecular complexity index is 1380. The Morgan fingerprint density at radius 2 is 2.00 bits per heavy atom. The number of nitriles is 1. The molecule has 0 atom stereocenters. The van der Waals surface area contributed by atoms with Crippen LogP contribution in [0.3, 0.4) is 0 Å². The van der Waals surface area contributed by atoms with Gasteiger partial charge in [0.05, 0.1) is 37.3 Å². The fourth-order valence-corrected chi connectivity index (χ4v) is 4.71. The molecule has 162 valence electrons. The van der Waals surface area contributed by atoms with Crippen molar-refractivity contribution in [3.8, 4) is 22.9 Å². The lowest BCUT2D eigenvalue weighted by Gasteiger charge is -2.14. The zero-order valence-corrected chi connectivity index (χ0v) is 19.0. The molecule has 0 N–H and O–H groups in total. The molecule has 0 bridgehead atoms. The number of ether oxygens (including phenoxy) is 2. The molecule has 0 saturated carbocycles. The molecule has 0 amide bonds. The van der Waals surface area contributed by atoms with Crippen LogP contribution in [0.2, 0.25) is 0 Å². The maximum atomic E-state index is 13.8. The summed E-state index contributed by atoms with van der Waals surface area (Å²) in [6.45, 7) is 2.80. The topological polar surface area (TPSA) is 77.1 Å². The van der Waals surface area contributed by atoms with Gasteiger partial charge in [0.25, 0.3) is 5.56 Å². The Kier molecular flexibility index (Phi) is 6.35. The standard InChI is InChI=1S/C25H23N3O3S/c1-16-7-8-21(31-3)19(11-16)20-15-32-24-23(20)25(29)28(22(27-24)9-10-30-2)14-18-6-4-5-17(12-18)13-26/h4-8,11-12,15H,9-10,14H2,1-3H3. The van der Waals surface area contributed by atoms with Gasteiger partial charge in [0.1, 0.15) is 16.4 Å². The van der Waals surface area contributed by atoms with Crippen LogP contribution in [-0.4, -0.2) is 30.4 Å². The van der Waals surface area contributed by atoms with Crippen molar-refractivity contribution in [3.05, 3.63) is 80.7 Å². The maximum Gasteiger partial charge on any atom is 0.263 e. The number of methoxy groups -OCH3 is 2. The van der Waals surface area contributed by atoms with Gasteiger partial charge in [0.2, 0.25) is 0 Å². The van der Waals surface area contributed by atoms with Gasteiger partial charge >= 0.3 is 0 Å². The van der Waals surface area contributed by atoms with E-state index in [0.29, 0.717) is 46.9 Å². The minimum absolute atomic E-state index is 0.108. The van der Waals surface area contributed by atoms with Crippen LogP contribution in [0.15, 0.2) is 52.6 Å². The summed E-state index contributed by atoms with van der Waals surface area (Å²) < 4.78 is 12.5. The number of hydrogen-bond acceptors (Lipinski definition) is 6. The monoisotopic (exact) mass is 445 g/mol. The lowest BCUT2D eigenvalue weighted by atomic mass is 10.0. The van der Waals surface area contributed by atoms with Crippen molar-refractivity contribution in [2.24, 2.45) is 0 Å². The van der Waals surface area contributed by atoms with Gasteiger partial charge in [-0.05, 0) is 36.8 Å². The third-order valence-corrected chi connectivity index (χ3v) is 6.22. The first-order chi connectivity index (χ1) is 15.5. The van der Waals surface area contributed by atoms with Gasteiger partial charge in [0.15, 0.2) is 0 Å². The third-order valence-electron chi connectivity index (χ3n) is 5.34. The first-order valence-corrected chi connectivity index (χ1v) is 11.1. The second-order valence-corrected chi connectivity index (χ2v) is 8.37. The van der Waals surface area contributed by atoms with Crippen molar-refractivity contribution < 1.29 is 9.47 Å². The van der Waals surface area contributed by atoms with Gasteiger partial charge < -0.3 is 9.47 Å². The Balaban J connectivity index is 1.93. The first-order valence-electron chi connectivity index (χ1n) is 10.2. The molecule has 0 aliphatic heterocycles. The van der Waals surface area contributed by atoms with E-state index < -0.39 is 0 Å². The van der Waals surface area contributed by atoms with Crippen molar-refractivity contribution in [3.63, 3.8) is 0 Å². The quantitative estimate of drug-likeness (QED) is 0.417. The molecule has 0 radical (unpaired) electrons. The fourth-order valence-electron chi connectivity index (χ4n) is 3.77. The maximum absolute atomic E-state index is 13.8. The summed E-state index contributed by atoms with van der Waals surface area (Å²) in [7, 11) is 3.26. The molecule has 4 rings (SSSR count). The highest BCUT2D eigenvalue weighted by atomic mass is 32.1. The molecule has 2 aromatic carbocycles. The number of thiophene rings is 1. The van der Waals surface area contributed by atoms with Crippen molar-refractivity contribution in [2.75, 3.05) is 20.8 Å². The summed E-state index contributed by atoms with van der Waals surface area (Å²) >= 11 is 1.45. The molecule has 2 heterocycles. The SMILES string of the molecule is COCCc1nc2scc(-c3cc(C)ccc3OC)c2c(=O)n1Cc1cccc(C#N)c1. The van der Waals surface area contributed by atoms with Gasteiger partial charge in [-0.15, -0.1) is 11.3 Å². The molecule has 32 heavy (non-hydrogen) atoms. The van der Waals surface area contributed by atoms with E-state index in [4.69, 9.17) is 14.5 Å². The predicted molar refractivity (Wildman–Crippen MR) is 126 cm³/mol. The summed E-state index contributed by atoms with van der Waals surface area (Å²) in [5, 5.41) is 11.8.